The third kappa shape index (κ3) is 4.00. The van der Waals surface area contributed by atoms with Crippen LogP contribution >= 0.6 is 0 Å². The Labute approximate surface area is 147 Å². The molecule has 6 nitrogen and oxygen atoms in total. The van der Waals surface area contributed by atoms with Crippen LogP contribution in [0.1, 0.15) is 54.4 Å². The van der Waals surface area contributed by atoms with Crippen LogP contribution in [0.2, 0.25) is 0 Å². The molecule has 2 atom stereocenters. The number of aliphatic carboxylic acids is 1. The summed E-state index contributed by atoms with van der Waals surface area (Å²) in [5, 5.41) is 12.3. The van der Waals surface area contributed by atoms with Crippen molar-refractivity contribution in [3.63, 3.8) is 0 Å². The van der Waals surface area contributed by atoms with E-state index in [0.29, 0.717) is 24.9 Å². The number of carbonyl (C=O) groups excluding carboxylic acids is 2. The van der Waals surface area contributed by atoms with Crippen LogP contribution in [0.4, 0.5) is 0 Å². The number of carbonyl (C=O) groups is 3. The lowest BCUT2D eigenvalue weighted by atomic mass is 9.87. The van der Waals surface area contributed by atoms with Gasteiger partial charge in [0.05, 0.1) is 5.92 Å². The van der Waals surface area contributed by atoms with Gasteiger partial charge in [-0.2, -0.15) is 0 Å². The van der Waals surface area contributed by atoms with Crippen molar-refractivity contribution < 1.29 is 19.5 Å². The minimum Gasteiger partial charge on any atom is -0.481 e. The number of amides is 2. The topological polar surface area (TPSA) is 86.7 Å². The normalized spacial score (nSPS) is 23.5. The number of carboxylic acid groups (broad SMARTS) is 1. The van der Waals surface area contributed by atoms with Gasteiger partial charge in [-0.05, 0) is 24.5 Å². The largest absolute Gasteiger partial charge is 0.481 e. The predicted molar refractivity (Wildman–Crippen MR) is 91.9 cm³/mol. The minimum absolute atomic E-state index is 0.0314. The van der Waals surface area contributed by atoms with E-state index in [4.69, 9.17) is 0 Å². The second kappa shape index (κ2) is 7.68. The lowest BCUT2D eigenvalue weighted by molar-refractivity contribution is -0.143. The molecule has 2 unspecified atom stereocenters. The van der Waals surface area contributed by atoms with Crippen molar-refractivity contribution in [3.05, 3.63) is 35.4 Å². The van der Waals surface area contributed by atoms with Crippen LogP contribution in [0.15, 0.2) is 24.3 Å². The van der Waals surface area contributed by atoms with Gasteiger partial charge >= 0.3 is 5.97 Å². The molecule has 1 aliphatic heterocycles. The molecule has 1 aromatic rings. The van der Waals surface area contributed by atoms with Crippen molar-refractivity contribution in [2.45, 2.75) is 51.1 Å². The quantitative estimate of drug-likeness (QED) is 0.876. The van der Waals surface area contributed by atoms with E-state index in [2.05, 4.69) is 5.32 Å². The van der Waals surface area contributed by atoms with Gasteiger partial charge in [-0.15, -0.1) is 0 Å². The first kappa shape index (κ1) is 17.5. The first-order chi connectivity index (χ1) is 12.1. The zero-order valence-electron chi connectivity index (χ0n) is 14.2. The molecule has 2 aliphatic rings. The van der Waals surface area contributed by atoms with Crippen LogP contribution in [-0.2, 0) is 16.1 Å². The summed E-state index contributed by atoms with van der Waals surface area (Å²) < 4.78 is 0. The van der Waals surface area contributed by atoms with Crippen LogP contribution in [-0.4, -0.2) is 40.4 Å². The third-order valence-corrected chi connectivity index (χ3v) is 5.16. The molecule has 1 fully saturated rings. The smallest absolute Gasteiger partial charge is 0.308 e. The number of hydrogen-bond acceptors (Lipinski definition) is 3. The van der Waals surface area contributed by atoms with E-state index >= 15 is 0 Å². The van der Waals surface area contributed by atoms with Gasteiger partial charge in [-0.1, -0.05) is 43.9 Å². The molecule has 2 N–H and O–H groups in total. The number of fused-ring (bicyclic) bond motifs is 1. The summed E-state index contributed by atoms with van der Waals surface area (Å²) in [4.78, 5) is 37.8. The predicted octanol–water partition coefficient (Wildman–Crippen LogP) is 2.18. The Balaban J connectivity index is 1.61. The molecule has 0 saturated heterocycles. The third-order valence-electron chi connectivity index (χ3n) is 5.16. The Morgan fingerprint density at radius 1 is 1.12 bits per heavy atom. The molecule has 6 heteroatoms. The van der Waals surface area contributed by atoms with Gasteiger partial charge < -0.3 is 15.3 Å². The Bertz CT molecular complexity index is 673. The highest BCUT2D eigenvalue weighted by Gasteiger charge is 2.32. The van der Waals surface area contributed by atoms with Crippen LogP contribution in [0.25, 0.3) is 0 Å². The Kier molecular flexibility index (Phi) is 5.36. The van der Waals surface area contributed by atoms with Gasteiger partial charge in [0.1, 0.15) is 6.54 Å². The number of carboxylic acids is 1. The molecule has 3 rings (SSSR count). The molecule has 1 aliphatic carbocycles. The number of hydrogen-bond donors (Lipinski definition) is 2. The molecule has 2 amide bonds. The first-order valence-electron chi connectivity index (χ1n) is 8.95. The van der Waals surface area contributed by atoms with E-state index in [1.165, 1.54) is 4.90 Å². The fourth-order valence-electron chi connectivity index (χ4n) is 3.82. The van der Waals surface area contributed by atoms with Crippen LogP contribution in [0.5, 0.6) is 0 Å². The Morgan fingerprint density at radius 3 is 2.56 bits per heavy atom. The van der Waals surface area contributed by atoms with Crippen molar-refractivity contribution in [2.75, 3.05) is 6.54 Å². The zero-order chi connectivity index (χ0) is 17.8. The van der Waals surface area contributed by atoms with E-state index in [1.54, 1.807) is 6.07 Å². The van der Waals surface area contributed by atoms with Crippen LogP contribution in [0.3, 0.4) is 0 Å². The van der Waals surface area contributed by atoms with Gasteiger partial charge in [0.25, 0.3) is 5.91 Å². The number of nitrogens with zero attached hydrogens (tertiary/aromatic N) is 1. The molecular weight excluding hydrogens is 320 g/mol. The zero-order valence-corrected chi connectivity index (χ0v) is 14.2. The van der Waals surface area contributed by atoms with Gasteiger partial charge in [0.2, 0.25) is 5.91 Å². The van der Waals surface area contributed by atoms with Crippen molar-refractivity contribution in [3.8, 4) is 0 Å². The van der Waals surface area contributed by atoms with Crippen molar-refractivity contribution >= 4 is 17.8 Å². The highest BCUT2D eigenvalue weighted by atomic mass is 16.4. The lowest BCUT2D eigenvalue weighted by Crippen LogP contribution is -2.47. The second-order valence-corrected chi connectivity index (χ2v) is 6.93. The highest BCUT2D eigenvalue weighted by molar-refractivity contribution is 6.00. The van der Waals surface area contributed by atoms with E-state index in [0.717, 1.165) is 31.2 Å². The van der Waals surface area contributed by atoms with Gasteiger partial charge in [-0.3, -0.25) is 14.4 Å². The maximum absolute atomic E-state index is 12.4. The summed E-state index contributed by atoms with van der Waals surface area (Å²) >= 11 is 0. The van der Waals surface area contributed by atoms with Crippen LogP contribution in [0, 0.1) is 5.92 Å². The molecule has 1 saturated carbocycles. The number of benzene rings is 1. The van der Waals surface area contributed by atoms with Crippen molar-refractivity contribution in [1.29, 1.82) is 0 Å². The van der Waals surface area contributed by atoms with Gasteiger partial charge in [0, 0.05) is 18.2 Å². The Morgan fingerprint density at radius 2 is 1.84 bits per heavy atom. The Hall–Kier alpha value is -2.37. The van der Waals surface area contributed by atoms with Crippen molar-refractivity contribution in [1.82, 2.24) is 10.2 Å². The summed E-state index contributed by atoms with van der Waals surface area (Å²) in [5.41, 5.74) is 1.57. The molecular formula is C19H24N2O4. The van der Waals surface area contributed by atoms with E-state index < -0.39 is 11.9 Å². The first-order valence-corrected chi connectivity index (χ1v) is 8.95. The SMILES string of the molecule is O=C(CN1Cc2ccccc2C1=O)NC1CCCCCCC1C(=O)O. The molecule has 0 radical (unpaired) electrons. The summed E-state index contributed by atoms with van der Waals surface area (Å²) in [7, 11) is 0. The van der Waals surface area contributed by atoms with E-state index in [-0.39, 0.29) is 24.4 Å². The maximum atomic E-state index is 12.4. The lowest BCUT2D eigenvalue weighted by Gasteiger charge is -2.28. The average molecular weight is 344 g/mol. The highest BCUT2D eigenvalue weighted by Crippen LogP contribution is 2.24. The summed E-state index contributed by atoms with van der Waals surface area (Å²) in [6, 6.07) is 6.99. The molecule has 25 heavy (non-hydrogen) atoms. The maximum Gasteiger partial charge on any atom is 0.308 e. The molecule has 0 spiro atoms. The summed E-state index contributed by atoms with van der Waals surface area (Å²) in [6.07, 6.45) is 5.18. The molecule has 0 bridgehead atoms. The fraction of sp³-hybridized carbons (Fsp3) is 0.526. The summed E-state index contributed by atoms with van der Waals surface area (Å²) in [6.45, 7) is 0.395. The van der Waals surface area contributed by atoms with E-state index in [1.807, 2.05) is 18.2 Å². The second-order valence-electron chi connectivity index (χ2n) is 6.93. The average Bonchev–Trinajstić information content (AvgIpc) is 2.86. The van der Waals surface area contributed by atoms with Gasteiger partial charge in [0.15, 0.2) is 0 Å². The van der Waals surface area contributed by atoms with Crippen LogP contribution < -0.4 is 5.32 Å². The minimum atomic E-state index is -0.850. The monoisotopic (exact) mass is 344 g/mol. The molecule has 1 heterocycles. The van der Waals surface area contributed by atoms with Crippen molar-refractivity contribution in [2.24, 2.45) is 5.92 Å². The number of nitrogens with one attached hydrogen (secondary N) is 1. The standard InChI is InChI=1S/C19H24N2O4/c22-17(12-21-11-13-7-5-6-8-14(13)18(21)23)20-16-10-4-2-1-3-9-15(16)19(24)25/h5-8,15-16H,1-4,9-12H2,(H,20,22)(H,24,25). The fourth-order valence-corrected chi connectivity index (χ4v) is 3.82. The number of rotatable bonds is 4. The van der Waals surface area contributed by atoms with E-state index in [9.17, 15) is 19.5 Å². The summed E-state index contributed by atoms with van der Waals surface area (Å²) in [5.74, 6) is -1.82. The molecule has 0 aromatic heterocycles. The van der Waals surface area contributed by atoms with Gasteiger partial charge in [-0.25, -0.2) is 0 Å². The molecule has 134 valence electrons. The molecule has 1 aromatic carbocycles.